The van der Waals surface area contributed by atoms with E-state index in [-0.39, 0.29) is 28.9 Å². The molecule has 7 nitrogen and oxygen atoms in total. The lowest BCUT2D eigenvalue weighted by atomic mass is 10.1. The van der Waals surface area contributed by atoms with Crippen LogP contribution in [0, 0.1) is 0 Å². The Labute approximate surface area is 122 Å². The van der Waals surface area contributed by atoms with E-state index in [2.05, 4.69) is 4.98 Å². The van der Waals surface area contributed by atoms with Gasteiger partial charge in [-0.25, -0.2) is 9.59 Å². The van der Waals surface area contributed by atoms with E-state index in [1.165, 1.54) is 18.3 Å². The number of carbonyl (C=O) groups is 1. The highest BCUT2D eigenvalue weighted by Crippen LogP contribution is 2.31. The molecule has 112 valence electrons. The lowest BCUT2D eigenvalue weighted by molar-refractivity contribution is 0.0523. The average Bonchev–Trinajstić information content (AvgIpc) is 2.49. The van der Waals surface area contributed by atoms with Gasteiger partial charge in [-0.15, -0.1) is 0 Å². The Morgan fingerprint density at radius 2 is 2.14 bits per heavy atom. The SMILES string of the molecule is CCOC(=O)c1c[nH]c2c(ccc3cc(=O)c(=O)oc32)c1O. The lowest BCUT2D eigenvalue weighted by Gasteiger charge is -2.08. The molecule has 2 heterocycles. The van der Waals surface area contributed by atoms with Gasteiger partial charge >= 0.3 is 11.6 Å². The highest BCUT2D eigenvalue weighted by Gasteiger charge is 2.17. The molecule has 0 amide bonds. The van der Waals surface area contributed by atoms with Gasteiger partial charge in [0.2, 0.25) is 0 Å². The third-order valence-electron chi connectivity index (χ3n) is 3.24. The van der Waals surface area contributed by atoms with Crippen LogP contribution >= 0.6 is 0 Å². The topological polar surface area (TPSA) is 110 Å². The van der Waals surface area contributed by atoms with Crippen molar-refractivity contribution in [1.29, 1.82) is 0 Å². The molecule has 0 saturated carbocycles. The summed E-state index contributed by atoms with van der Waals surface area (Å²) in [4.78, 5) is 37.3. The molecule has 0 atom stereocenters. The van der Waals surface area contributed by atoms with Crippen molar-refractivity contribution in [3.63, 3.8) is 0 Å². The van der Waals surface area contributed by atoms with Gasteiger partial charge in [-0.2, -0.15) is 0 Å². The Hall–Kier alpha value is -3.09. The molecule has 22 heavy (non-hydrogen) atoms. The third kappa shape index (κ3) is 2.03. The number of nitrogens with one attached hydrogen (secondary N) is 1. The van der Waals surface area contributed by atoms with Crippen molar-refractivity contribution < 1.29 is 19.1 Å². The summed E-state index contributed by atoms with van der Waals surface area (Å²) in [6.07, 6.45) is 1.26. The summed E-state index contributed by atoms with van der Waals surface area (Å²) < 4.78 is 9.83. The zero-order valence-corrected chi connectivity index (χ0v) is 11.5. The molecule has 3 aromatic rings. The molecule has 0 aliphatic carbocycles. The van der Waals surface area contributed by atoms with Gasteiger partial charge < -0.3 is 19.2 Å². The zero-order valence-electron chi connectivity index (χ0n) is 11.5. The summed E-state index contributed by atoms with van der Waals surface area (Å²) in [5.74, 6) is -0.961. The summed E-state index contributed by atoms with van der Waals surface area (Å²) in [5, 5.41) is 10.9. The van der Waals surface area contributed by atoms with Crippen molar-refractivity contribution in [2.75, 3.05) is 6.61 Å². The molecular weight excluding hydrogens is 290 g/mol. The van der Waals surface area contributed by atoms with Crippen LogP contribution in [-0.4, -0.2) is 22.7 Å². The van der Waals surface area contributed by atoms with Crippen LogP contribution in [0.1, 0.15) is 17.3 Å². The number of aromatic hydroxyl groups is 1. The van der Waals surface area contributed by atoms with Crippen molar-refractivity contribution in [2.45, 2.75) is 6.92 Å². The van der Waals surface area contributed by atoms with Crippen LogP contribution in [0.5, 0.6) is 5.75 Å². The molecule has 7 heteroatoms. The molecule has 0 spiro atoms. The molecule has 0 aliphatic heterocycles. The number of aromatic nitrogens is 1. The van der Waals surface area contributed by atoms with E-state index < -0.39 is 17.0 Å². The maximum absolute atomic E-state index is 11.8. The van der Waals surface area contributed by atoms with Gasteiger partial charge in [-0.3, -0.25) is 4.79 Å². The van der Waals surface area contributed by atoms with Crippen molar-refractivity contribution in [2.24, 2.45) is 0 Å². The van der Waals surface area contributed by atoms with E-state index >= 15 is 0 Å². The number of pyridine rings is 1. The van der Waals surface area contributed by atoms with E-state index in [0.29, 0.717) is 10.9 Å². The number of hydrogen-bond donors (Lipinski definition) is 2. The summed E-state index contributed by atoms with van der Waals surface area (Å²) in [5.41, 5.74) is -1.34. The molecule has 2 N–H and O–H groups in total. The number of hydrogen-bond acceptors (Lipinski definition) is 6. The molecule has 0 saturated heterocycles. The normalized spacial score (nSPS) is 11.0. The maximum atomic E-state index is 11.8. The number of rotatable bonds is 2. The van der Waals surface area contributed by atoms with Gasteiger partial charge in [0.1, 0.15) is 11.3 Å². The Kier molecular flexibility index (Phi) is 3.17. The summed E-state index contributed by atoms with van der Waals surface area (Å²) >= 11 is 0. The van der Waals surface area contributed by atoms with Crippen LogP contribution in [0.2, 0.25) is 0 Å². The first kappa shape index (κ1) is 13.9. The second-order valence-corrected chi connectivity index (χ2v) is 4.58. The maximum Gasteiger partial charge on any atom is 0.384 e. The fourth-order valence-corrected chi connectivity index (χ4v) is 2.23. The van der Waals surface area contributed by atoms with Crippen LogP contribution in [0.15, 0.2) is 38.4 Å². The van der Waals surface area contributed by atoms with Crippen LogP contribution in [0.4, 0.5) is 0 Å². The summed E-state index contributed by atoms with van der Waals surface area (Å²) in [6, 6.07) is 4.20. The van der Waals surface area contributed by atoms with E-state index in [1.54, 1.807) is 6.92 Å². The highest BCUT2D eigenvalue weighted by atomic mass is 16.5. The minimum Gasteiger partial charge on any atom is -0.506 e. The van der Waals surface area contributed by atoms with E-state index in [4.69, 9.17) is 9.15 Å². The molecule has 2 aromatic heterocycles. The predicted octanol–water partition coefficient (Wildman–Crippen LogP) is 1.52. The van der Waals surface area contributed by atoms with Gasteiger partial charge in [0, 0.05) is 23.0 Å². The Morgan fingerprint density at radius 3 is 2.86 bits per heavy atom. The van der Waals surface area contributed by atoms with Crippen molar-refractivity contribution in [3.8, 4) is 5.75 Å². The minimum absolute atomic E-state index is 0.0310. The molecule has 0 fully saturated rings. The van der Waals surface area contributed by atoms with Gasteiger partial charge in [0.25, 0.3) is 5.43 Å². The Balaban J connectivity index is 2.35. The molecule has 0 radical (unpaired) electrons. The minimum atomic E-state index is -0.998. The molecule has 3 rings (SSSR count). The van der Waals surface area contributed by atoms with Crippen molar-refractivity contribution in [1.82, 2.24) is 4.98 Å². The lowest BCUT2D eigenvalue weighted by Crippen LogP contribution is -2.20. The first-order chi connectivity index (χ1) is 10.5. The molecule has 0 unspecified atom stereocenters. The summed E-state index contributed by atoms with van der Waals surface area (Å²) in [7, 11) is 0. The predicted molar refractivity (Wildman–Crippen MR) is 78.2 cm³/mol. The van der Waals surface area contributed by atoms with Crippen molar-refractivity contribution in [3.05, 3.63) is 50.6 Å². The fourth-order valence-electron chi connectivity index (χ4n) is 2.23. The van der Waals surface area contributed by atoms with Gasteiger partial charge in [0.05, 0.1) is 12.1 Å². The van der Waals surface area contributed by atoms with Gasteiger partial charge in [0.15, 0.2) is 5.58 Å². The van der Waals surface area contributed by atoms with Crippen LogP contribution < -0.4 is 11.1 Å². The molecule has 0 bridgehead atoms. The number of esters is 1. The number of ether oxygens (including phenoxy) is 1. The van der Waals surface area contributed by atoms with E-state index in [1.807, 2.05) is 0 Å². The van der Waals surface area contributed by atoms with Gasteiger partial charge in [-0.1, -0.05) is 6.07 Å². The number of H-pyrrole nitrogens is 1. The summed E-state index contributed by atoms with van der Waals surface area (Å²) in [6.45, 7) is 1.83. The number of fused-ring (bicyclic) bond motifs is 3. The number of benzene rings is 1. The largest absolute Gasteiger partial charge is 0.506 e. The van der Waals surface area contributed by atoms with E-state index in [0.717, 1.165) is 6.07 Å². The quantitative estimate of drug-likeness (QED) is 0.321. The number of carbonyl (C=O) groups excluding carboxylic acids is 1. The first-order valence-electron chi connectivity index (χ1n) is 6.51. The third-order valence-corrected chi connectivity index (χ3v) is 3.24. The molecule has 1 aromatic carbocycles. The molecule has 0 aliphatic rings. The fraction of sp³-hybridized carbons (Fsp3) is 0.133. The highest BCUT2D eigenvalue weighted by molar-refractivity contribution is 6.07. The van der Waals surface area contributed by atoms with Crippen molar-refractivity contribution >= 4 is 27.8 Å². The monoisotopic (exact) mass is 301 g/mol. The molecular formula is C15H11NO6. The smallest absolute Gasteiger partial charge is 0.384 e. The first-order valence-corrected chi connectivity index (χ1v) is 6.51. The second-order valence-electron chi connectivity index (χ2n) is 4.58. The Morgan fingerprint density at radius 1 is 1.36 bits per heavy atom. The second kappa shape index (κ2) is 5.03. The van der Waals surface area contributed by atoms with Crippen LogP contribution in [-0.2, 0) is 4.74 Å². The number of aromatic amines is 1. The van der Waals surface area contributed by atoms with Crippen LogP contribution in [0.3, 0.4) is 0 Å². The zero-order chi connectivity index (χ0) is 15.9. The average molecular weight is 301 g/mol. The Bertz CT molecular complexity index is 1010. The van der Waals surface area contributed by atoms with E-state index in [9.17, 15) is 19.5 Å². The van der Waals surface area contributed by atoms with Crippen LogP contribution in [0.25, 0.3) is 21.9 Å². The standard InChI is InChI=1S/C15H11NO6/c1-2-21-14(19)9-6-16-11-8(12(9)18)4-3-7-5-10(17)15(20)22-13(7)11/h3-6,16,18H,2H2,1H3. The van der Waals surface area contributed by atoms with Gasteiger partial charge in [-0.05, 0) is 13.0 Å².